The molecule has 1 aromatic carbocycles. The second-order valence-corrected chi connectivity index (χ2v) is 7.08. The van der Waals surface area contributed by atoms with Crippen LogP contribution in [0, 0.1) is 19.8 Å². The number of ether oxygens (including phenoxy) is 3. The summed E-state index contributed by atoms with van der Waals surface area (Å²) in [6.07, 6.45) is 3.21. The molecule has 0 aromatic heterocycles. The summed E-state index contributed by atoms with van der Waals surface area (Å²) in [5.41, 5.74) is 2.43. The summed E-state index contributed by atoms with van der Waals surface area (Å²) in [6.45, 7) is 9.68. The van der Waals surface area contributed by atoms with Crippen molar-refractivity contribution in [2.45, 2.75) is 33.1 Å². The lowest BCUT2D eigenvalue weighted by molar-refractivity contribution is 0.0203. The first-order valence-electron chi connectivity index (χ1n) is 9.98. The van der Waals surface area contributed by atoms with E-state index < -0.39 is 0 Å². The van der Waals surface area contributed by atoms with Gasteiger partial charge in [-0.15, -0.1) is 0 Å². The summed E-state index contributed by atoms with van der Waals surface area (Å²) in [5.74, 6) is 2.38. The molecule has 27 heavy (non-hydrogen) atoms. The van der Waals surface area contributed by atoms with Gasteiger partial charge >= 0.3 is 0 Å². The van der Waals surface area contributed by atoms with Crippen molar-refractivity contribution in [2.24, 2.45) is 10.9 Å². The molecule has 2 N–H and O–H groups in total. The molecule has 0 amide bonds. The van der Waals surface area contributed by atoms with E-state index in [1.807, 2.05) is 0 Å². The molecule has 0 unspecified atom stereocenters. The molecule has 0 bridgehead atoms. The van der Waals surface area contributed by atoms with Gasteiger partial charge in [0.05, 0.1) is 6.54 Å². The number of nitrogens with zero attached hydrogens (tertiary/aromatic N) is 1. The standard InChI is InChI=1S/C21H35N3O3/c1-17-13-18(2)15-20(14-17)27-12-8-24-21(22-3)23-7-4-9-26-16-19-5-10-25-11-6-19/h13-15,19H,4-12,16H2,1-3H3,(H2,22,23,24). The minimum atomic E-state index is 0.595. The van der Waals surface area contributed by atoms with E-state index in [0.29, 0.717) is 19.1 Å². The van der Waals surface area contributed by atoms with Crippen molar-refractivity contribution in [3.63, 3.8) is 0 Å². The molecule has 1 aliphatic rings. The molecular weight excluding hydrogens is 342 g/mol. The van der Waals surface area contributed by atoms with Gasteiger partial charge in [-0.1, -0.05) is 6.07 Å². The van der Waals surface area contributed by atoms with E-state index in [4.69, 9.17) is 14.2 Å². The van der Waals surface area contributed by atoms with Crippen molar-refractivity contribution in [2.75, 3.05) is 53.2 Å². The average molecular weight is 378 g/mol. The van der Waals surface area contributed by atoms with Crippen LogP contribution in [-0.2, 0) is 9.47 Å². The van der Waals surface area contributed by atoms with Gasteiger partial charge in [-0.3, -0.25) is 4.99 Å². The van der Waals surface area contributed by atoms with Crippen LogP contribution in [-0.4, -0.2) is 59.1 Å². The van der Waals surface area contributed by atoms with Gasteiger partial charge in [0, 0.05) is 40.0 Å². The van der Waals surface area contributed by atoms with Crippen LogP contribution in [0.5, 0.6) is 5.75 Å². The molecule has 1 fully saturated rings. The summed E-state index contributed by atoms with van der Waals surface area (Å²) in [6, 6.07) is 6.25. The Hall–Kier alpha value is -1.79. The van der Waals surface area contributed by atoms with Gasteiger partial charge in [-0.2, -0.15) is 0 Å². The molecule has 0 saturated carbocycles. The number of hydrogen-bond acceptors (Lipinski definition) is 4. The maximum atomic E-state index is 5.80. The smallest absolute Gasteiger partial charge is 0.191 e. The molecule has 1 heterocycles. The highest BCUT2D eigenvalue weighted by Crippen LogP contribution is 2.16. The maximum Gasteiger partial charge on any atom is 0.191 e. The van der Waals surface area contributed by atoms with Crippen LogP contribution in [0.2, 0.25) is 0 Å². The molecule has 1 saturated heterocycles. The summed E-state index contributed by atoms with van der Waals surface area (Å²) in [7, 11) is 1.78. The van der Waals surface area contributed by atoms with E-state index in [-0.39, 0.29) is 0 Å². The van der Waals surface area contributed by atoms with Gasteiger partial charge in [0.2, 0.25) is 0 Å². The van der Waals surface area contributed by atoms with E-state index in [2.05, 4.69) is 47.7 Å². The molecule has 6 nitrogen and oxygen atoms in total. The monoisotopic (exact) mass is 377 g/mol. The number of aryl methyl sites for hydroxylation is 2. The van der Waals surface area contributed by atoms with Gasteiger partial charge in [-0.25, -0.2) is 0 Å². The summed E-state index contributed by atoms with van der Waals surface area (Å²) in [5, 5.41) is 6.58. The number of hydrogen-bond donors (Lipinski definition) is 2. The second kappa shape index (κ2) is 12.6. The number of rotatable bonds is 10. The van der Waals surface area contributed by atoms with Gasteiger partial charge in [-0.05, 0) is 62.3 Å². The first kappa shape index (κ1) is 21.5. The number of guanidine groups is 1. The highest BCUT2D eigenvalue weighted by atomic mass is 16.5. The van der Waals surface area contributed by atoms with Crippen LogP contribution in [0.25, 0.3) is 0 Å². The number of nitrogens with one attached hydrogen (secondary N) is 2. The molecule has 1 aliphatic heterocycles. The minimum absolute atomic E-state index is 0.595. The summed E-state index contributed by atoms with van der Waals surface area (Å²) in [4.78, 5) is 4.24. The van der Waals surface area contributed by atoms with Crippen LogP contribution in [0.4, 0.5) is 0 Å². The Morgan fingerprint density at radius 2 is 1.78 bits per heavy atom. The SMILES string of the molecule is CN=C(NCCCOCC1CCOCC1)NCCOc1cc(C)cc(C)c1. The van der Waals surface area contributed by atoms with Crippen LogP contribution in [0.1, 0.15) is 30.4 Å². The zero-order chi connectivity index (χ0) is 19.3. The van der Waals surface area contributed by atoms with Gasteiger partial charge in [0.1, 0.15) is 12.4 Å². The van der Waals surface area contributed by atoms with Crippen LogP contribution in [0.3, 0.4) is 0 Å². The van der Waals surface area contributed by atoms with Crippen LogP contribution < -0.4 is 15.4 Å². The Labute approximate surface area is 163 Å². The Bertz CT molecular complexity index is 552. The molecule has 2 rings (SSSR count). The third-order valence-corrected chi connectivity index (χ3v) is 4.53. The Morgan fingerprint density at radius 1 is 1.07 bits per heavy atom. The zero-order valence-corrected chi connectivity index (χ0v) is 17.1. The molecule has 0 spiro atoms. The third kappa shape index (κ3) is 9.11. The first-order chi connectivity index (χ1) is 13.2. The lowest BCUT2D eigenvalue weighted by Crippen LogP contribution is -2.40. The molecule has 0 aliphatic carbocycles. The highest BCUT2D eigenvalue weighted by molar-refractivity contribution is 5.79. The fourth-order valence-corrected chi connectivity index (χ4v) is 3.12. The topological polar surface area (TPSA) is 64.1 Å². The van der Waals surface area contributed by atoms with E-state index in [1.165, 1.54) is 11.1 Å². The molecule has 1 aromatic rings. The molecule has 6 heteroatoms. The van der Waals surface area contributed by atoms with Crippen molar-refractivity contribution in [1.29, 1.82) is 0 Å². The lowest BCUT2D eigenvalue weighted by Gasteiger charge is -2.21. The molecule has 152 valence electrons. The number of aliphatic imine (C=N–C) groups is 1. The van der Waals surface area contributed by atoms with E-state index in [1.54, 1.807) is 7.05 Å². The molecule has 0 atom stereocenters. The van der Waals surface area contributed by atoms with Crippen LogP contribution >= 0.6 is 0 Å². The zero-order valence-electron chi connectivity index (χ0n) is 17.1. The van der Waals surface area contributed by atoms with Crippen molar-refractivity contribution in [1.82, 2.24) is 10.6 Å². The quantitative estimate of drug-likeness (QED) is 0.373. The van der Waals surface area contributed by atoms with Gasteiger partial charge in [0.15, 0.2) is 5.96 Å². The minimum Gasteiger partial charge on any atom is -0.492 e. The Morgan fingerprint density at radius 3 is 2.48 bits per heavy atom. The first-order valence-corrected chi connectivity index (χ1v) is 9.98. The fourth-order valence-electron chi connectivity index (χ4n) is 3.12. The predicted octanol–water partition coefficient (Wildman–Crippen LogP) is 2.68. The maximum absolute atomic E-state index is 5.80. The predicted molar refractivity (Wildman–Crippen MR) is 110 cm³/mol. The van der Waals surface area contributed by atoms with Crippen molar-refractivity contribution < 1.29 is 14.2 Å². The largest absolute Gasteiger partial charge is 0.492 e. The van der Waals surface area contributed by atoms with E-state index in [0.717, 1.165) is 63.9 Å². The number of benzene rings is 1. The Balaban J connectivity index is 1.50. The Kier molecular flexibility index (Phi) is 10.0. The van der Waals surface area contributed by atoms with Crippen molar-refractivity contribution in [3.05, 3.63) is 29.3 Å². The van der Waals surface area contributed by atoms with Gasteiger partial charge in [0.25, 0.3) is 0 Å². The normalized spacial score (nSPS) is 15.6. The van der Waals surface area contributed by atoms with Crippen molar-refractivity contribution in [3.8, 4) is 5.75 Å². The average Bonchev–Trinajstić information content (AvgIpc) is 2.66. The third-order valence-electron chi connectivity index (χ3n) is 4.53. The lowest BCUT2D eigenvalue weighted by atomic mass is 10.0. The van der Waals surface area contributed by atoms with Crippen molar-refractivity contribution >= 4 is 5.96 Å². The molecular formula is C21H35N3O3. The van der Waals surface area contributed by atoms with E-state index in [9.17, 15) is 0 Å². The highest BCUT2D eigenvalue weighted by Gasteiger charge is 2.13. The fraction of sp³-hybridized carbons (Fsp3) is 0.667. The molecule has 0 radical (unpaired) electrons. The summed E-state index contributed by atoms with van der Waals surface area (Å²) >= 11 is 0. The summed E-state index contributed by atoms with van der Waals surface area (Å²) < 4.78 is 16.9. The second-order valence-electron chi connectivity index (χ2n) is 7.08. The van der Waals surface area contributed by atoms with Crippen LogP contribution in [0.15, 0.2) is 23.2 Å². The van der Waals surface area contributed by atoms with Gasteiger partial charge < -0.3 is 24.8 Å². The van der Waals surface area contributed by atoms with E-state index >= 15 is 0 Å².